The summed E-state index contributed by atoms with van der Waals surface area (Å²) in [4.78, 5) is 24.7. The van der Waals surface area contributed by atoms with Gasteiger partial charge >= 0.3 is 6.18 Å². The van der Waals surface area contributed by atoms with Gasteiger partial charge in [0.2, 0.25) is 0 Å². The summed E-state index contributed by atoms with van der Waals surface area (Å²) in [6.07, 6.45) is -4.64. The number of aromatic hydroxyl groups is 1. The van der Waals surface area contributed by atoms with E-state index in [4.69, 9.17) is 11.6 Å². The number of rotatable bonds is 3. The molecule has 3 rings (SSSR count). The normalized spacial score (nSPS) is 11.3. The van der Waals surface area contributed by atoms with E-state index < -0.39 is 34.6 Å². The summed E-state index contributed by atoms with van der Waals surface area (Å²) in [5, 5.41) is 15.9. The van der Waals surface area contributed by atoms with Crippen molar-refractivity contribution in [3.05, 3.63) is 80.7 Å². The number of aromatic nitrogens is 2. The zero-order valence-corrected chi connectivity index (χ0v) is 15.5. The third-order valence-corrected chi connectivity index (χ3v) is 4.24. The zero-order chi connectivity index (χ0) is 21.3. The van der Waals surface area contributed by atoms with Crippen molar-refractivity contribution in [2.45, 2.75) is 13.1 Å². The molecule has 0 saturated heterocycles. The minimum absolute atomic E-state index is 0.141. The second kappa shape index (κ2) is 7.59. The summed E-state index contributed by atoms with van der Waals surface area (Å²) in [5.74, 6) is -1.76. The number of nitrogens with one attached hydrogen (secondary N) is 1. The Morgan fingerprint density at radius 1 is 1.17 bits per heavy atom. The molecule has 2 aromatic carbocycles. The molecular formula is C19H13ClF3N3O3. The second-order valence-corrected chi connectivity index (χ2v) is 6.52. The van der Waals surface area contributed by atoms with E-state index in [1.807, 2.05) is 0 Å². The first-order chi connectivity index (χ1) is 13.6. The SMILES string of the molecule is Cc1cccc(-n2nc(C(=O)Nc3cc(C(F)(F)F)ccc3Cl)c(O)cc2=O)c1. The molecule has 6 nitrogen and oxygen atoms in total. The van der Waals surface area contributed by atoms with Crippen LogP contribution in [-0.4, -0.2) is 20.8 Å². The second-order valence-electron chi connectivity index (χ2n) is 6.11. The standard InChI is InChI=1S/C19H13ClF3N3O3/c1-10-3-2-4-12(7-10)26-16(28)9-15(27)17(25-26)18(29)24-14-8-11(19(21,22)23)5-6-13(14)20/h2-9,27H,1H3,(H,24,29). The number of carbonyl (C=O) groups excluding carboxylic acids is 1. The Labute approximate surface area is 167 Å². The number of benzene rings is 2. The Morgan fingerprint density at radius 3 is 2.55 bits per heavy atom. The number of halogens is 4. The number of alkyl halides is 3. The first kappa shape index (κ1) is 20.4. The van der Waals surface area contributed by atoms with Gasteiger partial charge in [-0.1, -0.05) is 23.7 Å². The number of aryl methyl sites for hydroxylation is 1. The van der Waals surface area contributed by atoms with E-state index in [0.29, 0.717) is 11.8 Å². The number of hydrogen-bond donors (Lipinski definition) is 2. The quantitative estimate of drug-likeness (QED) is 0.662. The summed E-state index contributed by atoms with van der Waals surface area (Å²) in [6.45, 7) is 1.79. The van der Waals surface area contributed by atoms with Gasteiger partial charge in [-0.2, -0.15) is 23.0 Å². The fraction of sp³-hybridized carbons (Fsp3) is 0.105. The van der Waals surface area contributed by atoms with Crippen LogP contribution in [0.4, 0.5) is 18.9 Å². The number of anilines is 1. The molecule has 0 atom stereocenters. The molecule has 29 heavy (non-hydrogen) atoms. The maximum atomic E-state index is 12.9. The van der Waals surface area contributed by atoms with Gasteiger partial charge < -0.3 is 10.4 Å². The van der Waals surface area contributed by atoms with Gasteiger partial charge in [0.1, 0.15) is 0 Å². The van der Waals surface area contributed by atoms with E-state index in [1.165, 1.54) is 0 Å². The van der Waals surface area contributed by atoms with Gasteiger partial charge in [0.25, 0.3) is 11.5 Å². The maximum absolute atomic E-state index is 12.9. The van der Waals surface area contributed by atoms with Crippen molar-refractivity contribution in [3.63, 3.8) is 0 Å². The van der Waals surface area contributed by atoms with E-state index >= 15 is 0 Å². The molecule has 1 aromatic heterocycles. The van der Waals surface area contributed by atoms with Crippen LogP contribution in [0, 0.1) is 6.92 Å². The van der Waals surface area contributed by atoms with Crippen molar-refractivity contribution in [1.82, 2.24) is 9.78 Å². The van der Waals surface area contributed by atoms with Crippen LogP contribution in [0.15, 0.2) is 53.3 Å². The predicted molar refractivity (Wildman–Crippen MR) is 101 cm³/mol. The van der Waals surface area contributed by atoms with E-state index in [9.17, 15) is 27.9 Å². The van der Waals surface area contributed by atoms with E-state index in [-0.39, 0.29) is 10.7 Å². The Morgan fingerprint density at radius 2 is 1.90 bits per heavy atom. The van der Waals surface area contributed by atoms with Gasteiger partial charge in [0, 0.05) is 6.07 Å². The van der Waals surface area contributed by atoms with Gasteiger partial charge in [-0.3, -0.25) is 9.59 Å². The molecule has 0 aliphatic rings. The van der Waals surface area contributed by atoms with Crippen molar-refractivity contribution < 1.29 is 23.1 Å². The molecular weight excluding hydrogens is 411 g/mol. The average molecular weight is 424 g/mol. The van der Waals surface area contributed by atoms with Crippen molar-refractivity contribution >= 4 is 23.2 Å². The van der Waals surface area contributed by atoms with Crippen molar-refractivity contribution in [2.24, 2.45) is 0 Å². The van der Waals surface area contributed by atoms with Crippen LogP contribution in [0.25, 0.3) is 5.69 Å². The molecule has 0 bridgehead atoms. The topological polar surface area (TPSA) is 84.2 Å². The Kier molecular flexibility index (Phi) is 5.34. The highest BCUT2D eigenvalue weighted by atomic mass is 35.5. The molecule has 0 spiro atoms. The van der Waals surface area contributed by atoms with Gasteiger partial charge in [-0.05, 0) is 42.8 Å². The Balaban J connectivity index is 2.00. The molecule has 0 aliphatic heterocycles. The Bertz CT molecular complexity index is 1160. The van der Waals surface area contributed by atoms with Crippen LogP contribution < -0.4 is 10.9 Å². The molecule has 1 amide bonds. The molecule has 3 aromatic rings. The lowest BCUT2D eigenvalue weighted by Crippen LogP contribution is -2.25. The highest BCUT2D eigenvalue weighted by molar-refractivity contribution is 6.34. The maximum Gasteiger partial charge on any atom is 0.416 e. The third kappa shape index (κ3) is 4.40. The molecule has 0 aliphatic carbocycles. The Hall–Kier alpha value is -3.33. The van der Waals surface area contributed by atoms with Crippen LogP contribution in [0.2, 0.25) is 5.02 Å². The lowest BCUT2D eigenvalue weighted by Gasteiger charge is -2.13. The molecule has 2 N–H and O–H groups in total. The lowest BCUT2D eigenvalue weighted by atomic mass is 10.2. The molecule has 150 valence electrons. The molecule has 0 radical (unpaired) electrons. The molecule has 1 heterocycles. The van der Waals surface area contributed by atoms with Crippen LogP contribution in [0.1, 0.15) is 21.6 Å². The number of amides is 1. The van der Waals surface area contributed by atoms with Crippen LogP contribution in [0.3, 0.4) is 0 Å². The largest absolute Gasteiger partial charge is 0.505 e. The fourth-order valence-electron chi connectivity index (χ4n) is 2.53. The summed E-state index contributed by atoms with van der Waals surface area (Å²) < 4.78 is 39.6. The van der Waals surface area contributed by atoms with Crippen molar-refractivity contribution in [1.29, 1.82) is 0 Å². The highest BCUT2D eigenvalue weighted by Gasteiger charge is 2.31. The first-order valence-corrected chi connectivity index (χ1v) is 8.52. The van der Waals surface area contributed by atoms with Crippen molar-refractivity contribution in [2.75, 3.05) is 5.32 Å². The van der Waals surface area contributed by atoms with Crippen LogP contribution >= 0.6 is 11.6 Å². The highest BCUT2D eigenvalue weighted by Crippen LogP contribution is 2.34. The van der Waals surface area contributed by atoms with E-state index in [1.54, 1.807) is 31.2 Å². The summed E-state index contributed by atoms with van der Waals surface area (Å²) in [7, 11) is 0. The monoisotopic (exact) mass is 423 g/mol. The minimum atomic E-state index is -4.64. The predicted octanol–water partition coefficient (Wildman–Crippen LogP) is 4.17. The van der Waals surface area contributed by atoms with Crippen LogP contribution in [-0.2, 0) is 6.18 Å². The van der Waals surface area contributed by atoms with Gasteiger partial charge in [0.05, 0.1) is 22.0 Å². The third-order valence-electron chi connectivity index (χ3n) is 3.91. The smallest absolute Gasteiger partial charge is 0.416 e. The molecule has 0 saturated carbocycles. The van der Waals surface area contributed by atoms with Gasteiger partial charge in [-0.25, -0.2) is 0 Å². The number of nitrogens with zero attached hydrogens (tertiary/aromatic N) is 2. The zero-order valence-electron chi connectivity index (χ0n) is 14.8. The van der Waals surface area contributed by atoms with Gasteiger partial charge in [0.15, 0.2) is 11.4 Å². The average Bonchev–Trinajstić information content (AvgIpc) is 2.62. The van der Waals surface area contributed by atoms with E-state index in [2.05, 4.69) is 10.4 Å². The summed E-state index contributed by atoms with van der Waals surface area (Å²) in [5.41, 5.74) is -1.41. The number of hydrogen-bond acceptors (Lipinski definition) is 4. The molecule has 0 unspecified atom stereocenters. The fourth-order valence-corrected chi connectivity index (χ4v) is 2.70. The first-order valence-electron chi connectivity index (χ1n) is 8.15. The summed E-state index contributed by atoms with van der Waals surface area (Å²) >= 11 is 5.87. The van der Waals surface area contributed by atoms with Crippen molar-refractivity contribution in [3.8, 4) is 11.4 Å². The number of carbonyl (C=O) groups is 1. The molecule has 0 fully saturated rings. The summed E-state index contributed by atoms with van der Waals surface area (Å²) in [6, 6.07) is 9.88. The lowest BCUT2D eigenvalue weighted by molar-refractivity contribution is -0.137. The van der Waals surface area contributed by atoms with E-state index in [0.717, 1.165) is 28.4 Å². The minimum Gasteiger partial charge on any atom is -0.505 e. The van der Waals surface area contributed by atoms with Crippen LogP contribution in [0.5, 0.6) is 5.75 Å². The van der Waals surface area contributed by atoms with Gasteiger partial charge in [-0.15, -0.1) is 0 Å². The molecule has 10 heteroatoms.